The molecule has 152 valence electrons. The fraction of sp³-hybridized carbons (Fsp3) is 0.333. The number of fused-ring (bicyclic) bond motifs is 1. The summed E-state index contributed by atoms with van der Waals surface area (Å²) < 4.78 is 11.3. The number of hydrogen-bond acceptors (Lipinski definition) is 6. The van der Waals surface area contributed by atoms with Crippen molar-refractivity contribution in [2.24, 2.45) is 0 Å². The lowest BCUT2D eigenvalue weighted by atomic mass is 10.0. The van der Waals surface area contributed by atoms with Crippen LogP contribution in [0.2, 0.25) is 0 Å². The van der Waals surface area contributed by atoms with Gasteiger partial charge in [0.1, 0.15) is 16.9 Å². The van der Waals surface area contributed by atoms with Gasteiger partial charge < -0.3 is 14.5 Å². The minimum absolute atomic E-state index is 0.132. The van der Waals surface area contributed by atoms with Gasteiger partial charge in [-0.2, -0.15) is 0 Å². The van der Waals surface area contributed by atoms with E-state index in [1.165, 1.54) is 12.4 Å². The maximum atomic E-state index is 12.1. The molecule has 1 amide bonds. The molecule has 0 saturated carbocycles. The molecule has 0 spiro atoms. The molecule has 0 unspecified atom stereocenters. The number of ether oxygens (including phenoxy) is 2. The summed E-state index contributed by atoms with van der Waals surface area (Å²) in [6.07, 6.45) is 2.21. The second-order valence-electron chi connectivity index (χ2n) is 7.89. The maximum absolute atomic E-state index is 12.1. The summed E-state index contributed by atoms with van der Waals surface area (Å²) in [6, 6.07) is 7.05. The highest BCUT2D eigenvalue weighted by atomic mass is 16.6. The number of carbonyl (C=O) groups excluding carboxylic acids is 1. The molecule has 0 bridgehead atoms. The molecule has 8 heteroatoms. The van der Waals surface area contributed by atoms with E-state index in [4.69, 9.17) is 9.47 Å². The molecule has 2 heterocycles. The number of pyridine rings is 1. The summed E-state index contributed by atoms with van der Waals surface area (Å²) >= 11 is 0. The molecule has 29 heavy (non-hydrogen) atoms. The number of nitrogens with one attached hydrogen (secondary N) is 2. The SMILES string of the molecule is CC(C)c1cc(Oc2ccnc3[nH]c(=O)cnc23)ccc1NC(=O)OC(C)(C)C. The predicted octanol–water partition coefficient (Wildman–Crippen LogP) is 4.58. The van der Waals surface area contributed by atoms with Crippen molar-refractivity contribution in [1.82, 2.24) is 15.0 Å². The summed E-state index contributed by atoms with van der Waals surface area (Å²) in [5.74, 6) is 1.17. The second-order valence-corrected chi connectivity index (χ2v) is 7.89. The Morgan fingerprint density at radius 1 is 1.17 bits per heavy atom. The molecule has 0 aliphatic carbocycles. The Bertz CT molecular complexity index is 1100. The summed E-state index contributed by atoms with van der Waals surface area (Å²) in [6.45, 7) is 9.48. The van der Waals surface area contributed by atoms with Crippen molar-refractivity contribution in [3.63, 3.8) is 0 Å². The normalized spacial score (nSPS) is 11.5. The molecule has 0 aliphatic heterocycles. The van der Waals surface area contributed by atoms with Gasteiger partial charge in [-0.05, 0) is 50.5 Å². The van der Waals surface area contributed by atoms with Crippen LogP contribution in [-0.2, 0) is 4.74 Å². The van der Waals surface area contributed by atoms with Gasteiger partial charge in [-0.1, -0.05) is 13.8 Å². The van der Waals surface area contributed by atoms with Crippen molar-refractivity contribution in [3.8, 4) is 11.5 Å². The van der Waals surface area contributed by atoms with E-state index in [1.807, 2.05) is 40.7 Å². The number of aromatic amines is 1. The van der Waals surface area contributed by atoms with Crippen molar-refractivity contribution in [3.05, 3.63) is 52.6 Å². The number of hydrogen-bond donors (Lipinski definition) is 2. The molecule has 8 nitrogen and oxygen atoms in total. The van der Waals surface area contributed by atoms with E-state index in [0.717, 1.165) is 5.56 Å². The third kappa shape index (κ3) is 5.10. The number of nitrogens with zero attached hydrogens (tertiary/aromatic N) is 2. The first-order valence-corrected chi connectivity index (χ1v) is 9.28. The van der Waals surface area contributed by atoms with Gasteiger partial charge in [0.15, 0.2) is 11.4 Å². The number of benzene rings is 1. The molecule has 0 saturated heterocycles. The Kier molecular flexibility index (Phi) is 5.54. The molecule has 0 atom stereocenters. The molecule has 0 aliphatic rings. The Labute approximate surface area is 168 Å². The average molecular weight is 396 g/mol. The van der Waals surface area contributed by atoms with Crippen LogP contribution in [0, 0.1) is 0 Å². The molecule has 3 rings (SSSR count). The van der Waals surface area contributed by atoms with Gasteiger partial charge in [0.05, 0.1) is 6.20 Å². The fourth-order valence-electron chi connectivity index (χ4n) is 2.74. The van der Waals surface area contributed by atoms with E-state index in [1.54, 1.807) is 18.2 Å². The van der Waals surface area contributed by atoms with Crippen LogP contribution in [0.3, 0.4) is 0 Å². The molecule has 0 radical (unpaired) electrons. The summed E-state index contributed by atoms with van der Waals surface area (Å²) in [7, 11) is 0. The molecular weight excluding hydrogens is 372 g/mol. The molecule has 1 aromatic carbocycles. The van der Waals surface area contributed by atoms with Crippen LogP contribution in [0.5, 0.6) is 11.5 Å². The first-order valence-electron chi connectivity index (χ1n) is 9.28. The van der Waals surface area contributed by atoms with Crippen LogP contribution in [0.4, 0.5) is 10.5 Å². The van der Waals surface area contributed by atoms with Gasteiger partial charge in [-0.15, -0.1) is 0 Å². The van der Waals surface area contributed by atoms with Crippen molar-refractivity contribution < 1.29 is 14.3 Å². The summed E-state index contributed by atoms with van der Waals surface area (Å²) in [5.41, 5.74) is 1.44. The predicted molar refractivity (Wildman–Crippen MR) is 111 cm³/mol. The monoisotopic (exact) mass is 396 g/mol. The number of H-pyrrole nitrogens is 1. The molecule has 2 N–H and O–H groups in total. The Balaban J connectivity index is 1.89. The second kappa shape index (κ2) is 7.90. The van der Waals surface area contributed by atoms with Crippen molar-refractivity contribution in [2.45, 2.75) is 46.1 Å². The Hall–Kier alpha value is -3.42. The largest absolute Gasteiger partial charge is 0.455 e. The van der Waals surface area contributed by atoms with Crippen LogP contribution >= 0.6 is 0 Å². The van der Waals surface area contributed by atoms with Gasteiger partial charge >= 0.3 is 6.09 Å². The number of amides is 1. The summed E-state index contributed by atoms with van der Waals surface area (Å²) in [5, 5.41) is 2.80. The summed E-state index contributed by atoms with van der Waals surface area (Å²) in [4.78, 5) is 34.4. The topological polar surface area (TPSA) is 106 Å². The van der Waals surface area contributed by atoms with E-state index >= 15 is 0 Å². The van der Waals surface area contributed by atoms with E-state index in [2.05, 4.69) is 20.3 Å². The van der Waals surface area contributed by atoms with Crippen LogP contribution in [0.25, 0.3) is 11.2 Å². The third-order valence-electron chi connectivity index (χ3n) is 3.95. The maximum Gasteiger partial charge on any atom is 0.412 e. The quantitative estimate of drug-likeness (QED) is 0.668. The third-order valence-corrected chi connectivity index (χ3v) is 3.95. The van der Waals surface area contributed by atoms with Crippen molar-refractivity contribution >= 4 is 22.9 Å². The van der Waals surface area contributed by atoms with E-state index in [9.17, 15) is 9.59 Å². The van der Waals surface area contributed by atoms with Gasteiger partial charge in [0.25, 0.3) is 5.56 Å². The highest BCUT2D eigenvalue weighted by Crippen LogP contribution is 2.32. The lowest BCUT2D eigenvalue weighted by Crippen LogP contribution is -2.27. The van der Waals surface area contributed by atoms with Gasteiger partial charge in [-0.3, -0.25) is 10.1 Å². The van der Waals surface area contributed by atoms with Crippen LogP contribution in [-0.4, -0.2) is 26.6 Å². The Morgan fingerprint density at radius 3 is 2.62 bits per heavy atom. The standard InChI is InChI=1S/C21H24N4O4/c1-12(2)14-10-13(6-7-15(14)24-20(27)29-21(3,4)5)28-16-8-9-22-19-18(16)23-11-17(26)25-19/h6-12H,1-5H3,(H,24,27)(H,22,25,26). The lowest BCUT2D eigenvalue weighted by molar-refractivity contribution is 0.0635. The van der Waals surface area contributed by atoms with Crippen molar-refractivity contribution in [2.75, 3.05) is 5.32 Å². The molecular formula is C21H24N4O4. The van der Waals surface area contributed by atoms with Gasteiger partial charge in [0.2, 0.25) is 0 Å². The van der Waals surface area contributed by atoms with E-state index in [-0.39, 0.29) is 11.5 Å². The lowest BCUT2D eigenvalue weighted by Gasteiger charge is -2.21. The highest BCUT2D eigenvalue weighted by Gasteiger charge is 2.18. The minimum atomic E-state index is -0.582. The van der Waals surface area contributed by atoms with Crippen LogP contribution in [0.1, 0.15) is 46.1 Å². The number of carbonyl (C=O) groups is 1. The van der Waals surface area contributed by atoms with Crippen LogP contribution < -0.4 is 15.6 Å². The van der Waals surface area contributed by atoms with Gasteiger partial charge in [-0.25, -0.2) is 14.8 Å². The van der Waals surface area contributed by atoms with E-state index < -0.39 is 11.7 Å². The molecule has 3 aromatic rings. The van der Waals surface area contributed by atoms with Crippen LogP contribution in [0.15, 0.2) is 41.5 Å². The smallest absolute Gasteiger partial charge is 0.412 e. The minimum Gasteiger partial charge on any atom is -0.455 e. The van der Waals surface area contributed by atoms with Gasteiger partial charge in [0, 0.05) is 18.0 Å². The number of anilines is 1. The first kappa shape index (κ1) is 20.3. The number of aromatic nitrogens is 3. The average Bonchev–Trinajstić information content (AvgIpc) is 2.61. The molecule has 0 fully saturated rings. The zero-order valence-corrected chi connectivity index (χ0v) is 17.1. The first-order chi connectivity index (χ1) is 13.6. The number of rotatable bonds is 4. The highest BCUT2D eigenvalue weighted by molar-refractivity contribution is 5.86. The zero-order chi connectivity index (χ0) is 21.2. The van der Waals surface area contributed by atoms with Crippen molar-refractivity contribution in [1.29, 1.82) is 0 Å². The van der Waals surface area contributed by atoms with E-state index in [0.29, 0.717) is 28.4 Å². The fourth-order valence-corrected chi connectivity index (χ4v) is 2.74. The molecule has 2 aromatic heterocycles. The zero-order valence-electron chi connectivity index (χ0n) is 17.1. The Morgan fingerprint density at radius 2 is 1.93 bits per heavy atom.